The summed E-state index contributed by atoms with van der Waals surface area (Å²) < 4.78 is 11.4. The molecule has 3 aromatic carbocycles. The summed E-state index contributed by atoms with van der Waals surface area (Å²) in [6.07, 6.45) is 0. The molecule has 1 fully saturated rings. The molecule has 1 amide bonds. The van der Waals surface area contributed by atoms with E-state index in [1.54, 1.807) is 25.3 Å². The Morgan fingerprint density at radius 3 is 2.39 bits per heavy atom. The number of aryl methyl sites for hydroxylation is 1. The van der Waals surface area contributed by atoms with Gasteiger partial charge >= 0.3 is 0 Å². The highest BCUT2D eigenvalue weighted by Gasteiger charge is 2.15. The molecular weight excluding hydrogens is 414 g/mol. The first kappa shape index (κ1) is 22.7. The minimum atomic E-state index is -0.189. The van der Waals surface area contributed by atoms with E-state index in [-0.39, 0.29) is 5.91 Å². The number of carbonyl (C=O) groups is 1. The second kappa shape index (κ2) is 10.4. The number of amides is 1. The Morgan fingerprint density at radius 1 is 0.939 bits per heavy atom. The number of hydrogen-bond acceptors (Lipinski definition) is 5. The van der Waals surface area contributed by atoms with E-state index in [0.29, 0.717) is 23.7 Å². The summed E-state index contributed by atoms with van der Waals surface area (Å²) in [7, 11) is 3.72. The van der Waals surface area contributed by atoms with E-state index in [9.17, 15) is 4.79 Å². The normalized spacial score (nSPS) is 14.1. The lowest BCUT2D eigenvalue weighted by atomic mass is 10.1. The van der Waals surface area contributed by atoms with Crippen LogP contribution in [0.15, 0.2) is 66.7 Å². The van der Waals surface area contributed by atoms with E-state index in [1.807, 2.05) is 24.3 Å². The summed E-state index contributed by atoms with van der Waals surface area (Å²) in [5, 5.41) is 2.97. The molecule has 1 aliphatic rings. The van der Waals surface area contributed by atoms with Crippen molar-refractivity contribution < 1.29 is 14.3 Å². The number of anilines is 2. The van der Waals surface area contributed by atoms with Gasteiger partial charge in [0.1, 0.15) is 6.61 Å². The van der Waals surface area contributed by atoms with Crippen molar-refractivity contribution in [2.75, 3.05) is 50.6 Å². The number of nitrogens with zero attached hydrogens (tertiary/aromatic N) is 2. The van der Waals surface area contributed by atoms with E-state index in [1.165, 1.54) is 11.3 Å². The van der Waals surface area contributed by atoms with Crippen LogP contribution in [0.3, 0.4) is 0 Å². The van der Waals surface area contributed by atoms with Crippen LogP contribution >= 0.6 is 0 Å². The van der Waals surface area contributed by atoms with Crippen molar-refractivity contribution in [2.45, 2.75) is 13.5 Å². The van der Waals surface area contributed by atoms with Crippen LogP contribution in [0.5, 0.6) is 11.5 Å². The molecule has 33 heavy (non-hydrogen) atoms. The zero-order valence-corrected chi connectivity index (χ0v) is 19.5. The highest BCUT2D eigenvalue weighted by Crippen LogP contribution is 2.29. The zero-order valence-electron chi connectivity index (χ0n) is 19.5. The summed E-state index contributed by atoms with van der Waals surface area (Å²) >= 11 is 0. The smallest absolute Gasteiger partial charge is 0.255 e. The molecule has 172 valence electrons. The minimum Gasteiger partial charge on any atom is -0.493 e. The average Bonchev–Trinajstić information content (AvgIpc) is 2.83. The van der Waals surface area contributed by atoms with Gasteiger partial charge in [-0.3, -0.25) is 4.79 Å². The Balaban J connectivity index is 1.38. The number of nitrogens with one attached hydrogen (secondary N) is 1. The van der Waals surface area contributed by atoms with Gasteiger partial charge in [0, 0.05) is 43.1 Å². The summed E-state index contributed by atoms with van der Waals surface area (Å²) in [5.41, 5.74) is 4.72. The van der Waals surface area contributed by atoms with Crippen molar-refractivity contribution >= 4 is 17.3 Å². The Labute approximate surface area is 195 Å². The second-order valence-electron chi connectivity index (χ2n) is 8.43. The number of methoxy groups -OCH3 is 1. The Kier molecular flexibility index (Phi) is 7.15. The maximum absolute atomic E-state index is 12.8. The maximum Gasteiger partial charge on any atom is 0.255 e. The van der Waals surface area contributed by atoms with Gasteiger partial charge in [-0.05, 0) is 62.0 Å². The lowest BCUT2D eigenvalue weighted by molar-refractivity contribution is 0.102. The van der Waals surface area contributed by atoms with Crippen LogP contribution in [0.25, 0.3) is 0 Å². The van der Waals surface area contributed by atoms with Crippen LogP contribution in [-0.4, -0.2) is 51.1 Å². The molecule has 0 atom stereocenters. The Morgan fingerprint density at radius 2 is 1.70 bits per heavy atom. The third-order valence-electron chi connectivity index (χ3n) is 5.90. The Bertz CT molecular complexity index is 1090. The zero-order chi connectivity index (χ0) is 23.2. The molecule has 6 nitrogen and oxygen atoms in total. The van der Waals surface area contributed by atoms with Crippen molar-refractivity contribution in [3.8, 4) is 11.5 Å². The van der Waals surface area contributed by atoms with Crippen LogP contribution in [0.4, 0.5) is 11.4 Å². The fourth-order valence-corrected chi connectivity index (χ4v) is 3.91. The van der Waals surface area contributed by atoms with Crippen LogP contribution in [0.1, 0.15) is 21.5 Å². The molecule has 4 rings (SSSR count). The quantitative estimate of drug-likeness (QED) is 0.577. The van der Waals surface area contributed by atoms with E-state index >= 15 is 0 Å². The van der Waals surface area contributed by atoms with Crippen LogP contribution < -0.4 is 19.7 Å². The van der Waals surface area contributed by atoms with Gasteiger partial charge in [0.05, 0.1) is 7.11 Å². The molecule has 1 heterocycles. The molecule has 0 spiro atoms. The fraction of sp³-hybridized carbons (Fsp3) is 0.296. The molecule has 0 saturated carbocycles. The molecule has 0 unspecified atom stereocenters. The highest BCUT2D eigenvalue weighted by atomic mass is 16.5. The Hall–Kier alpha value is -3.51. The van der Waals surface area contributed by atoms with Crippen molar-refractivity contribution in [3.05, 3.63) is 83.4 Å². The SMILES string of the molecule is COc1cc(C(=O)Nc2ccc(N3CCN(C)CC3)cc2)ccc1OCc1cccc(C)c1. The fourth-order valence-electron chi connectivity index (χ4n) is 3.91. The second-order valence-corrected chi connectivity index (χ2v) is 8.43. The van der Waals surface area contributed by atoms with Crippen LogP contribution in [0, 0.1) is 6.92 Å². The van der Waals surface area contributed by atoms with Gasteiger partial charge in [-0.2, -0.15) is 0 Å². The van der Waals surface area contributed by atoms with Crippen molar-refractivity contribution in [2.24, 2.45) is 0 Å². The molecular formula is C27H31N3O3. The van der Waals surface area contributed by atoms with Gasteiger partial charge in [-0.15, -0.1) is 0 Å². The average molecular weight is 446 g/mol. The topological polar surface area (TPSA) is 54.0 Å². The summed E-state index contributed by atoms with van der Waals surface area (Å²) in [6, 6.07) is 21.4. The number of rotatable bonds is 7. The number of ether oxygens (including phenoxy) is 2. The molecule has 0 bridgehead atoms. The van der Waals surface area contributed by atoms with E-state index in [2.05, 4.69) is 53.4 Å². The lowest BCUT2D eigenvalue weighted by Gasteiger charge is -2.34. The first-order chi connectivity index (χ1) is 16.0. The molecule has 0 radical (unpaired) electrons. The van der Waals surface area contributed by atoms with Gasteiger partial charge in [0.2, 0.25) is 0 Å². The van der Waals surface area contributed by atoms with Gasteiger partial charge < -0.3 is 24.6 Å². The van der Waals surface area contributed by atoms with E-state index in [4.69, 9.17) is 9.47 Å². The van der Waals surface area contributed by atoms with Gasteiger partial charge in [-0.25, -0.2) is 0 Å². The number of carbonyl (C=O) groups excluding carboxylic acids is 1. The predicted molar refractivity (Wildman–Crippen MR) is 133 cm³/mol. The summed E-state index contributed by atoms with van der Waals surface area (Å²) in [5.74, 6) is 0.943. The van der Waals surface area contributed by atoms with Gasteiger partial charge in [-0.1, -0.05) is 29.8 Å². The van der Waals surface area contributed by atoms with Crippen LogP contribution in [-0.2, 0) is 6.61 Å². The van der Waals surface area contributed by atoms with E-state index < -0.39 is 0 Å². The van der Waals surface area contributed by atoms with Gasteiger partial charge in [0.25, 0.3) is 5.91 Å². The first-order valence-corrected chi connectivity index (χ1v) is 11.2. The molecule has 0 aliphatic carbocycles. The number of likely N-dealkylation sites (N-methyl/N-ethyl adjacent to an activating group) is 1. The molecule has 3 aromatic rings. The lowest BCUT2D eigenvalue weighted by Crippen LogP contribution is -2.44. The molecule has 0 aromatic heterocycles. The van der Waals surface area contributed by atoms with Gasteiger partial charge in [0.15, 0.2) is 11.5 Å². The number of benzene rings is 3. The summed E-state index contributed by atoms with van der Waals surface area (Å²) in [6.45, 7) is 6.64. The largest absolute Gasteiger partial charge is 0.493 e. The van der Waals surface area contributed by atoms with Crippen molar-refractivity contribution in [1.82, 2.24) is 4.90 Å². The van der Waals surface area contributed by atoms with Crippen molar-refractivity contribution in [3.63, 3.8) is 0 Å². The standard InChI is InChI=1S/C27H31N3O3/c1-20-5-4-6-21(17-20)19-33-25-12-7-22(18-26(25)32-3)27(31)28-23-8-10-24(11-9-23)30-15-13-29(2)14-16-30/h4-12,17-18H,13-16,19H2,1-3H3,(H,28,31). The predicted octanol–water partition coefficient (Wildman–Crippen LogP) is 4.59. The highest BCUT2D eigenvalue weighted by molar-refractivity contribution is 6.04. The minimum absolute atomic E-state index is 0.189. The summed E-state index contributed by atoms with van der Waals surface area (Å²) in [4.78, 5) is 17.5. The van der Waals surface area contributed by atoms with Crippen LogP contribution in [0.2, 0.25) is 0 Å². The molecule has 6 heteroatoms. The molecule has 1 saturated heterocycles. The molecule has 1 N–H and O–H groups in total. The first-order valence-electron chi connectivity index (χ1n) is 11.2. The third kappa shape index (κ3) is 5.84. The van der Waals surface area contributed by atoms with Crippen molar-refractivity contribution in [1.29, 1.82) is 0 Å². The molecule has 1 aliphatic heterocycles. The monoisotopic (exact) mass is 445 g/mol. The number of hydrogen-bond donors (Lipinski definition) is 1. The van der Waals surface area contributed by atoms with E-state index in [0.717, 1.165) is 37.4 Å². The third-order valence-corrected chi connectivity index (χ3v) is 5.90. The number of piperazine rings is 1. The maximum atomic E-state index is 12.8.